The molecule has 0 aromatic heterocycles. The van der Waals surface area contributed by atoms with Crippen LogP contribution in [0, 0.1) is 10.1 Å². The van der Waals surface area contributed by atoms with Crippen molar-refractivity contribution in [3.63, 3.8) is 0 Å². The predicted octanol–water partition coefficient (Wildman–Crippen LogP) is 2.94. The molecule has 15 heteroatoms. The van der Waals surface area contributed by atoms with Crippen LogP contribution in [0.2, 0.25) is 0 Å². The average molecular weight is 468 g/mol. The third kappa shape index (κ3) is 4.43. The van der Waals surface area contributed by atoms with Crippen molar-refractivity contribution in [3.8, 4) is 5.75 Å². The van der Waals surface area contributed by atoms with Gasteiger partial charge in [-0.25, -0.2) is 0 Å². The zero-order valence-electron chi connectivity index (χ0n) is 15.1. The Hall–Kier alpha value is -3.66. The number of nitrogens with zero attached hydrogens (tertiary/aromatic N) is 3. The van der Waals surface area contributed by atoms with Gasteiger partial charge in [0.15, 0.2) is 5.75 Å². The number of nitro benzene ring substituents is 1. The van der Waals surface area contributed by atoms with Gasteiger partial charge in [-0.2, -0.15) is 21.9 Å². The number of nitro groups is 1. The fourth-order valence-corrected chi connectivity index (χ4v) is 3.89. The van der Waals surface area contributed by atoms with E-state index < -0.39 is 46.4 Å². The molecule has 0 radical (unpaired) electrons. The summed E-state index contributed by atoms with van der Waals surface area (Å²) in [5, 5.41) is 28.1. The Bertz CT molecular complexity index is 1470. The van der Waals surface area contributed by atoms with Crippen molar-refractivity contribution in [1.82, 2.24) is 0 Å². The second-order valence-electron chi connectivity index (χ2n) is 6.11. The lowest BCUT2D eigenvalue weighted by atomic mass is 10.1. The summed E-state index contributed by atoms with van der Waals surface area (Å²) in [6, 6.07) is 7.12. The summed E-state index contributed by atoms with van der Waals surface area (Å²) in [4.78, 5) is 8.46. The highest BCUT2D eigenvalue weighted by Crippen LogP contribution is 2.44. The van der Waals surface area contributed by atoms with Crippen molar-refractivity contribution in [2.24, 2.45) is 10.2 Å². The molecule has 0 fully saturated rings. The molecule has 0 atom stereocenters. The molecule has 0 heterocycles. The molecule has 31 heavy (non-hydrogen) atoms. The van der Waals surface area contributed by atoms with Gasteiger partial charge in [0.05, 0.1) is 15.5 Å². The lowest BCUT2D eigenvalue weighted by molar-refractivity contribution is -0.384. The summed E-state index contributed by atoms with van der Waals surface area (Å²) in [6.07, 6.45) is 0. The average Bonchev–Trinajstić information content (AvgIpc) is 2.65. The van der Waals surface area contributed by atoms with E-state index in [-0.39, 0.29) is 27.8 Å². The Balaban J connectivity index is 2.26. The number of phenolic OH excluding ortho intramolecular Hbond substituents is 1. The summed E-state index contributed by atoms with van der Waals surface area (Å²) in [7, 11) is -9.69. The molecule has 0 unspecified atom stereocenters. The fraction of sp³-hybridized carbons (Fsp3) is 0. The zero-order valence-corrected chi connectivity index (χ0v) is 16.7. The number of azo groups is 1. The SMILES string of the molecule is Nc1cc(S(=O)(=O)O)cc2cc(S(=O)(=O)O)c(N=Nc3ccc([N+](=O)[O-])cc3)c(O)c12. The number of aromatic hydroxyl groups is 1. The lowest BCUT2D eigenvalue weighted by Gasteiger charge is -2.11. The van der Waals surface area contributed by atoms with E-state index in [1.807, 2.05) is 0 Å². The van der Waals surface area contributed by atoms with E-state index in [9.17, 15) is 41.2 Å². The molecule has 0 spiro atoms. The van der Waals surface area contributed by atoms with Crippen LogP contribution >= 0.6 is 0 Å². The van der Waals surface area contributed by atoms with Gasteiger partial charge in [-0.3, -0.25) is 19.2 Å². The molecule has 0 aliphatic rings. The molecule has 3 aromatic carbocycles. The predicted molar refractivity (Wildman–Crippen MR) is 107 cm³/mol. The van der Waals surface area contributed by atoms with Crippen LogP contribution in [-0.4, -0.2) is 36.0 Å². The van der Waals surface area contributed by atoms with Gasteiger partial charge in [-0.15, -0.1) is 5.11 Å². The van der Waals surface area contributed by atoms with E-state index in [0.29, 0.717) is 0 Å². The minimum absolute atomic E-state index is 0.0566. The van der Waals surface area contributed by atoms with Gasteiger partial charge in [0, 0.05) is 23.2 Å². The van der Waals surface area contributed by atoms with Crippen molar-refractivity contribution < 1.29 is 36.0 Å². The van der Waals surface area contributed by atoms with E-state index in [4.69, 9.17) is 5.73 Å². The summed E-state index contributed by atoms with van der Waals surface area (Å²) >= 11 is 0. The molecule has 13 nitrogen and oxygen atoms in total. The maximum Gasteiger partial charge on any atom is 0.296 e. The van der Waals surface area contributed by atoms with Crippen LogP contribution in [0.4, 0.5) is 22.7 Å². The number of benzene rings is 3. The second kappa shape index (κ2) is 7.55. The van der Waals surface area contributed by atoms with Crippen molar-refractivity contribution in [3.05, 3.63) is 52.6 Å². The standard InChI is InChI=1S/C16H12N4O9S2/c17-12-7-11(30(24,25)26)5-8-6-13(31(27,28)29)15(16(21)14(8)12)19-18-9-1-3-10(4-2-9)20(22)23/h1-7,21H,17H2,(H,24,25,26)(H,27,28,29). The largest absolute Gasteiger partial charge is 0.505 e. The number of fused-ring (bicyclic) bond motifs is 1. The second-order valence-corrected chi connectivity index (χ2v) is 8.92. The highest BCUT2D eigenvalue weighted by molar-refractivity contribution is 7.86. The van der Waals surface area contributed by atoms with Gasteiger partial charge in [0.25, 0.3) is 25.9 Å². The van der Waals surface area contributed by atoms with Crippen molar-refractivity contribution in [1.29, 1.82) is 0 Å². The zero-order chi connectivity index (χ0) is 23.1. The minimum Gasteiger partial charge on any atom is -0.505 e. The molecule has 5 N–H and O–H groups in total. The van der Waals surface area contributed by atoms with E-state index in [0.717, 1.165) is 30.3 Å². The summed E-state index contributed by atoms with van der Waals surface area (Å²) < 4.78 is 65.1. The molecule has 0 bridgehead atoms. The number of nitrogen functional groups attached to an aromatic ring is 1. The molecule has 0 saturated heterocycles. The third-order valence-corrected chi connectivity index (χ3v) is 5.75. The van der Waals surface area contributed by atoms with Gasteiger partial charge < -0.3 is 10.8 Å². The van der Waals surface area contributed by atoms with Crippen LogP contribution in [0.3, 0.4) is 0 Å². The molecular weight excluding hydrogens is 456 g/mol. The molecule has 0 amide bonds. The van der Waals surface area contributed by atoms with Crippen LogP contribution in [0.25, 0.3) is 10.8 Å². The van der Waals surface area contributed by atoms with Crippen molar-refractivity contribution in [2.75, 3.05) is 5.73 Å². The number of phenols is 1. The number of hydrogen-bond donors (Lipinski definition) is 4. The summed E-state index contributed by atoms with van der Waals surface area (Å²) in [6.45, 7) is 0. The van der Waals surface area contributed by atoms with E-state index in [2.05, 4.69) is 10.2 Å². The first kappa shape index (κ1) is 22.0. The van der Waals surface area contributed by atoms with Gasteiger partial charge >= 0.3 is 0 Å². The highest BCUT2D eigenvalue weighted by Gasteiger charge is 2.24. The van der Waals surface area contributed by atoms with Gasteiger partial charge in [-0.1, -0.05) is 0 Å². The molecule has 3 rings (SSSR count). The Morgan fingerprint density at radius 3 is 2.06 bits per heavy atom. The first-order valence-electron chi connectivity index (χ1n) is 7.99. The minimum atomic E-state index is -4.99. The number of nitrogens with two attached hydrogens (primary N) is 1. The maximum absolute atomic E-state index is 11.8. The topological polar surface area (TPSA) is 223 Å². The molecule has 0 aliphatic carbocycles. The normalized spacial score (nSPS) is 12.5. The fourth-order valence-electron chi connectivity index (χ4n) is 2.68. The number of non-ortho nitro benzene ring substituents is 1. The van der Waals surface area contributed by atoms with Crippen molar-refractivity contribution >= 4 is 53.8 Å². The Kier molecular flexibility index (Phi) is 5.36. The quantitative estimate of drug-likeness (QED) is 0.141. The smallest absolute Gasteiger partial charge is 0.296 e. The Labute approximate surface area is 174 Å². The van der Waals surface area contributed by atoms with Crippen LogP contribution in [0.1, 0.15) is 0 Å². The first-order chi connectivity index (χ1) is 14.3. The highest BCUT2D eigenvalue weighted by atomic mass is 32.2. The number of rotatable bonds is 5. The van der Waals surface area contributed by atoms with Crippen molar-refractivity contribution in [2.45, 2.75) is 9.79 Å². The number of hydrogen-bond acceptors (Lipinski definition) is 10. The summed E-state index contributed by atoms with van der Waals surface area (Å²) in [5.74, 6) is -0.838. The van der Waals surface area contributed by atoms with Crippen LogP contribution in [-0.2, 0) is 20.2 Å². The van der Waals surface area contributed by atoms with Crippen LogP contribution in [0.5, 0.6) is 5.75 Å². The molecule has 0 saturated carbocycles. The van der Waals surface area contributed by atoms with Crippen LogP contribution < -0.4 is 5.73 Å². The van der Waals surface area contributed by atoms with E-state index in [1.54, 1.807) is 0 Å². The lowest BCUT2D eigenvalue weighted by Crippen LogP contribution is -2.02. The molecule has 0 aliphatic heterocycles. The maximum atomic E-state index is 11.8. The Morgan fingerprint density at radius 1 is 0.935 bits per heavy atom. The Morgan fingerprint density at radius 2 is 1.55 bits per heavy atom. The van der Waals surface area contributed by atoms with Gasteiger partial charge in [0.2, 0.25) is 0 Å². The van der Waals surface area contributed by atoms with Gasteiger partial charge in [-0.05, 0) is 35.7 Å². The monoisotopic (exact) mass is 468 g/mol. The van der Waals surface area contributed by atoms with E-state index in [1.165, 1.54) is 12.1 Å². The molecular formula is C16H12N4O9S2. The molecule has 3 aromatic rings. The van der Waals surface area contributed by atoms with Crippen LogP contribution in [0.15, 0.2) is 62.5 Å². The first-order valence-corrected chi connectivity index (χ1v) is 10.9. The van der Waals surface area contributed by atoms with Gasteiger partial charge in [0.1, 0.15) is 10.6 Å². The number of anilines is 1. The van der Waals surface area contributed by atoms with E-state index >= 15 is 0 Å². The molecule has 162 valence electrons. The third-order valence-electron chi connectivity index (χ3n) is 4.06. The summed E-state index contributed by atoms with van der Waals surface area (Å²) in [5.41, 5.74) is 4.53.